The number of nitrogens with one attached hydrogen (secondary N) is 2. The molecule has 1 aliphatic heterocycles. The van der Waals surface area contributed by atoms with Crippen LogP contribution in [0.25, 0.3) is 6.08 Å². The van der Waals surface area contributed by atoms with Gasteiger partial charge in [0.25, 0.3) is 0 Å². The van der Waals surface area contributed by atoms with E-state index in [4.69, 9.17) is 5.26 Å². The maximum atomic E-state index is 12.4. The number of aromatic nitrogens is 1. The first kappa shape index (κ1) is 21.1. The summed E-state index contributed by atoms with van der Waals surface area (Å²) < 4.78 is 0. The second-order valence-corrected chi connectivity index (χ2v) is 7.07. The van der Waals surface area contributed by atoms with Gasteiger partial charge in [0.2, 0.25) is 11.8 Å². The van der Waals surface area contributed by atoms with Crippen molar-refractivity contribution in [3.8, 4) is 6.07 Å². The summed E-state index contributed by atoms with van der Waals surface area (Å²) >= 11 is 0. The number of carbonyl (C=O) groups is 2. The van der Waals surface area contributed by atoms with Crippen molar-refractivity contribution in [2.45, 2.75) is 12.8 Å². The van der Waals surface area contributed by atoms with Crippen molar-refractivity contribution in [3.05, 3.63) is 65.9 Å². The summed E-state index contributed by atoms with van der Waals surface area (Å²) in [5, 5.41) is 15.0. The Labute approximate surface area is 176 Å². The second-order valence-electron chi connectivity index (χ2n) is 7.07. The van der Waals surface area contributed by atoms with Crippen LogP contribution in [-0.4, -0.2) is 47.9 Å². The van der Waals surface area contributed by atoms with Gasteiger partial charge in [-0.15, -0.1) is 0 Å². The fraction of sp³-hybridized carbons (Fsp3) is 0.304. The van der Waals surface area contributed by atoms with Crippen molar-refractivity contribution in [2.24, 2.45) is 5.92 Å². The average Bonchev–Trinajstić information content (AvgIpc) is 2.81. The molecular formula is C23H25N5O2. The molecule has 0 aliphatic carbocycles. The van der Waals surface area contributed by atoms with E-state index in [1.807, 2.05) is 36.4 Å². The maximum Gasteiger partial charge on any atom is 0.246 e. The van der Waals surface area contributed by atoms with Gasteiger partial charge in [0, 0.05) is 44.4 Å². The summed E-state index contributed by atoms with van der Waals surface area (Å²) in [6, 6.07) is 15.2. The van der Waals surface area contributed by atoms with Gasteiger partial charge in [0.1, 0.15) is 11.9 Å². The molecular weight excluding hydrogens is 378 g/mol. The van der Waals surface area contributed by atoms with Gasteiger partial charge < -0.3 is 15.5 Å². The summed E-state index contributed by atoms with van der Waals surface area (Å²) in [5.41, 5.74) is 1.46. The smallest absolute Gasteiger partial charge is 0.246 e. The zero-order valence-corrected chi connectivity index (χ0v) is 16.8. The van der Waals surface area contributed by atoms with Crippen LogP contribution in [0.5, 0.6) is 0 Å². The standard InChI is InChI=1S/C23H25N5O2/c24-17-20-7-4-12-25-22(20)26-13-14-27-23(30)19-10-15-28(16-11-19)21(29)9-8-18-5-2-1-3-6-18/h1-9,12,19H,10-11,13-16H2,(H,25,26)(H,27,30)/b9-8+. The Balaban J connectivity index is 1.37. The van der Waals surface area contributed by atoms with Crippen molar-refractivity contribution in [1.82, 2.24) is 15.2 Å². The van der Waals surface area contributed by atoms with Crippen LogP contribution < -0.4 is 10.6 Å². The van der Waals surface area contributed by atoms with E-state index in [-0.39, 0.29) is 17.7 Å². The largest absolute Gasteiger partial charge is 0.367 e. The van der Waals surface area contributed by atoms with Gasteiger partial charge in [-0.1, -0.05) is 30.3 Å². The van der Waals surface area contributed by atoms with E-state index < -0.39 is 0 Å². The summed E-state index contributed by atoms with van der Waals surface area (Å²) in [6.45, 7) is 2.08. The normalized spacial score (nSPS) is 14.3. The molecule has 0 atom stereocenters. The maximum absolute atomic E-state index is 12.4. The van der Waals surface area contributed by atoms with Crippen LogP contribution >= 0.6 is 0 Å². The molecule has 7 heteroatoms. The van der Waals surface area contributed by atoms with Crippen molar-refractivity contribution in [3.63, 3.8) is 0 Å². The van der Waals surface area contributed by atoms with Crippen LogP contribution in [0.1, 0.15) is 24.0 Å². The highest BCUT2D eigenvalue weighted by Gasteiger charge is 2.26. The van der Waals surface area contributed by atoms with Gasteiger partial charge in [-0.25, -0.2) is 4.98 Å². The summed E-state index contributed by atoms with van der Waals surface area (Å²) in [4.78, 5) is 30.7. The fourth-order valence-corrected chi connectivity index (χ4v) is 3.35. The van der Waals surface area contributed by atoms with E-state index in [1.54, 1.807) is 29.3 Å². The lowest BCUT2D eigenvalue weighted by Gasteiger charge is -2.30. The quantitative estimate of drug-likeness (QED) is 0.547. The molecule has 0 radical (unpaired) electrons. The highest BCUT2D eigenvalue weighted by molar-refractivity contribution is 5.92. The minimum absolute atomic E-state index is 0.00486. The molecule has 0 unspecified atom stereocenters. The third-order valence-corrected chi connectivity index (χ3v) is 5.04. The lowest BCUT2D eigenvalue weighted by atomic mass is 9.96. The van der Waals surface area contributed by atoms with E-state index in [1.165, 1.54) is 0 Å². The Morgan fingerprint density at radius 2 is 1.90 bits per heavy atom. The molecule has 2 N–H and O–H groups in total. The molecule has 2 heterocycles. The predicted octanol–water partition coefficient (Wildman–Crippen LogP) is 2.43. The molecule has 3 rings (SSSR count). The number of hydrogen-bond donors (Lipinski definition) is 2. The molecule has 1 saturated heterocycles. The number of nitrogens with zero attached hydrogens (tertiary/aromatic N) is 3. The fourth-order valence-electron chi connectivity index (χ4n) is 3.35. The van der Waals surface area contributed by atoms with Gasteiger partial charge in [0.05, 0.1) is 5.56 Å². The Kier molecular flexibility index (Phi) is 7.56. The number of rotatable bonds is 7. The topological polar surface area (TPSA) is 98.1 Å². The zero-order valence-electron chi connectivity index (χ0n) is 16.8. The van der Waals surface area contributed by atoms with Gasteiger partial charge in [0.15, 0.2) is 0 Å². The molecule has 1 aliphatic rings. The molecule has 1 aromatic carbocycles. The van der Waals surface area contributed by atoms with Crippen LogP contribution in [0.4, 0.5) is 5.82 Å². The molecule has 30 heavy (non-hydrogen) atoms. The van der Waals surface area contributed by atoms with E-state index >= 15 is 0 Å². The molecule has 0 spiro atoms. The molecule has 1 fully saturated rings. The second kappa shape index (κ2) is 10.8. The molecule has 7 nitrogen and oxygen atoms in total. The van der Waals surface area contributed by atoms with Crippen LogP contribution in [0, 0.1) is 17.2 Å². The molecule has 1 aromatic heterocycles. The Morgan fingerprint density at radius 3 is 2.63 bits per heavy atom. The van der Waals surface area contributed by atoms with E-state index in [9.17, 15) is 9.59 Å². The predicted molar refractivity (Wildman–Crippen MR) is 115 cm³/mol. The van der Waals surface area contributed by atoms with Crippen molar-refractivity contribution in [1.29, 1.82) is 5.26 Å². The van der Waals surface area contributed by atoms with Gasteiger partial charge in [-0.3, -0.25) is 9.59 Å². The first-order valence-electron chi connectivity index (χ1n) is 10.1. The highest BCUT2D eigenvalue weighted by atomic mass is 16.2. The molecule has 2 amide bonds. The number of hydrogen-bond acceptors (Lipinski definition) is 5. The SMILES string of the molecule is N#Cc1cccnc1NCCNC(=O)C1CCN(C(=O)/C=C/c2ccccc2)CC1. The Bertz CT molecular complexity index is 928. The number of nitriles is 1. The number of amides is 2. The van der Waals surface area contributed by atoms with Crippen molar-refractivity contribution in [2.75, 3.05) is 31.5 Å². The lowest BCUT2D eigenvalue weighted by molar-refractivity contribution is -0.132. The first-order valence-corrected chi connectivity index (χ1v) is 10.1. The third-order valence-electron chi connectivity index (χ3n) is 5.04. The number of anilines is 1. The Morgan fingerprint density at radius 1 is 1.13 bits per heavy atom. The zero-order chi connectivity index (χ0) is 21.2. The van der Waals surface area contributed by atoms with Gasteiger partial charge in [-0.05, 0) is 36.6 Å². The average molecular weight is 403 g/mol. The Hall–Kier alpha value is -3.66. The number of carbonyl (C=O) groups excluding carboxylic acids is 2. The summed E-state index contributed by atoms with van der Waals surface area (Å²) in [7, 11) is 0. The minimum atomic E-state index is -0.0864. The van der Waals surface area contributed by atoms with Crippen LogP contribution in [0.3, 0.4) is 0 Å². The molecule has 0 saturated carbocycles. The monoisotopic (exact) mass is 403 g/mol. The highest BCUT2D eigenvalue weighted by Crippen LogP contribution is 2.18. The van der Waals surface area contributed by atoms with Crippen LogP contribution in [-0.2, 0) is 9.59 Å². The number of likely N-dealkylation sites (tertiary alicyclic amines) is 1. The van der Waals surface area contributed by atoms with Crippen LogP contribution in [0.2, 0.25) is 0 Å². The minimum Gasteiger partial charge on any atom is -0.367 e. The van der Waals surface area contributed by atoms with Crippen molar-refractivity contribution >= 4 is 23.7 Å². The van der Waals surface area contributed by atoms with E-state index in [0.717, 1.165) is 5.56 Å². The third kappa shape index (κ3) is 5.92. The van der Waals surface area contributed by atoms with Gasteiger partial charge in [-0.2, -0.15) is 5.26 Å². The number of benzene rings is 1. The summed E-state index contributed by atoms with van der Waals surface area (Å²) in [6.07, 6.45) is 6.33. The van der Waals surface area contributed by atoms with Gasteiger partial charge >= 0.3 is 0 Å². The number of pyridine rings is 1. The van der Waals surface area contributed by atoms with Crippen molar-refractivity contribution < 1.29 is 9.59 Å². The summed E-state index contributed by atoms with van der Waals surface area (Å²) in [5.74, 6) is 0.414. The lowest BCUT2D eigenvalue weighted by Crippen LogP contribution is -2.43. The van der Waals surface area contributed by atoms with E-state index in [2.05, 4.69) is 21.7 Å². The molecule has 154 valence electrons. The number of piperidine rings is 1. The van der Waals surface area contributed by atoms with E-state index in [0.29, 0.717) is 50.4 Å². The van der Waals surface area contributed by atoms with Crippen LogP contribution in [0.15, 0.2) is 54.7 Å². The first-order chi connectivity index (χ1) is 14.7. The molecule has 2 aromatic rings. The molecule has 0 bridgehead atoms.